The molecular formula is C30H25F5N4O6. The Balaban J connectivity index is 1.45. The predicted molar refractivity (Wildman–Crippen MR) is 152 cm³/mol. The second kappa shape index (κ2) is 12.1. The Bertz CT molecular complexity index is 1900. The van der Waals surface area contributed by atoms with Crippen molar-refractivity contribution in [2.75, 3.05) is 24.7 Å². The van der Waals surface area contributed by atoms with Gasteiger partial charge in [-0.1, -0.05) is 30.3 Å². The molecule has 1 aliphatic heterocycles. The third-order valence-corrected chi connectivity index (χ3v) is 7.50. The van der Waals surface area contributed by atoms with Crippen molar-refractivity contribution in [1.29, 1.82) is 0 Å². The molecule has 1 amide bonds. The summed E-state index contributed by atoms with van der Waals surface area (Å²) in [6, 6.07) is 7.94. The fraction of sp³-hybridized carbons (Fsp3) is 0.267. The molecule has 15 heteroatoms. The van der Waals surface area contributed by atoms with Crippen LogP contribution in [0.5, 0.6) is 0 Å². The predicted octanol–water partition coefficient (Wildman–Crippen LogP) is 3.16. The topological polar surface area (TPSA) is 123 Å². The standard InChI is InChI=1S/C30H25F5N4O6/c1-37-9-8-25(40)39(29(37)44)23-7-3-5-18-16(4-2-6-19(18)23)12-22(28(42)43)36-27(41)26-20(31)13-17(14-21(26)32)38-10-11-45-15-24(38)30(33,34)35/h2-9,13-14,22,24H,10-12,15H2,1H3,(H,36,41)(H,42,43)/t22-,24-/m0/s1. The quantitative estimate of drug-likeness (QED) is 0.300. The lowest BCUT2D eigenvalue weighted by Gasteiger charge is -2.38. The van der Waals surface area contributed by atoms with E-state index in [-0.39, 0.29) is 25.3 Å². The van der Waals surface area contributed by atoms with Gasteiger partial charge >= 0.3 is 17.8 Å². The first-order valence-electron chi connectivity index (χ1n) is 13.5. The number of aromatic nitrogens is 2. The number of amides is 1. The van der Waals surface area contributed by atoms with Crippen LogP contribution >= 0.6 is 0 Å². The number of aryl methyl sites for hydroxylation is 1. The smallest absolute Gasteiger partial charge is 0.411 e. The molecule has 2 atom stereocenters. The van der Waals surface area contributed by atoms with E-state index in [0.717, 1.165) is 9.47 Å². The first kappa shape index (κ1) is 31.4. The highest BCUT2D eigenvalue weighted by molar-refractivity contribution is 5.98. The third-order valence-electron chi connectivity index (χ3n) is 7.50. The fourth-order valence-corrected chi connectivity index (χ4v) is 5.30. The van der Waals surface area contributed by atoms with E-state index in [9.17, 15) is 37.5 Å². The van der Waals surface area contributed by atoms with Crippen LogP contribution in [-0.2, 0) is 23.0 Å². The van der Waals surface area contributed by atoms with Gasteiger partial charge in [0.05, 0.1) is 18.9 Å². The maximum atomic E-state index is 15.1. The average molecular weight is 633 g/mol. The molecule has 45 heavy (non-hydrogen) atoms. The van der Waals surface area contributed by atoms with Crippen molar-refractivity contribution in [2.24, 2.45) is 7.05 Å². The Morgan fingerprint density at radius 2 is 1.71 bits per heavy atom. The van der Waals surface area contributed by atoms with Gasteiger partial charge in [-0.05, 0) is 29.1 Å². The lowest BCUT2D eigenvalue weighted by Crippen LogP contribution is -2.53. The first-order chi connectivity index (χ1) is 21.3. The van der Waals surface area contributed by atoms with Crippen molar-refractivity contribution in [3.63, 3.8) is 0 Å². The zero-order valence-electron chi connectivity index (χ0n) is 23.5. The van der Waals surface area contributed by atoms with Crippen LogP contribution in [0.4, 0.5) is 27.6 Å². The number of anilines is 1. The number of hydrogen-bond acceptors (Lipinski definition) is 6. The Morgan fingerprint density at radius 3 is 2.38 bits per heavy atom. The van der Waals surface area contributed by atoms with Gasteiger partial charge in [-0.3, -0.25) is 9.59 Å². The third kappa shape index (κ3) is 6.16. The van der Waals surface area contributed by atoms with Crippen LogP contribution in [0, 0.1) is 11.6 Å². The van der Waals surface area contributed by atoms with Crippen molar-refractivity contribution in [3.05, 3.63) is 104 Å². The maximum absolute atomic E-state index is 15.1. The summed E-state index contributed by atoms with van der Waals surface area (Å²) in [5, 5.41) is 12.8. The largest absolute Gasteiger partial charge is 0.480 e. The van der Waals surface area contributed by atoms with Gasteiger partial charge in [-0.25, -0.2) is 22.9 Å². The molecule has 5 rings (SSSR count). The highest BCUT2D eigenvalue weighted by Gasteiger charge is 2.46. The van der Waals surface area contributed by atoms with E-state index in [4.69, 9.17) is 4.74 Å². The van der Waals surface area contributed by atoms with Gasteiger partial charge in [-0.15, -0.1) is 0 Å². The highest BCUT2D eigenvalue weighted by Crippen LogP contribution is 2.33. The number of carbonyl (C=O) groups is 2. The molecule has 2 N–H and O–H groups in total. The summed E-state index contributed by atoms with van der Waals surface area (Å²) in [7, 11) is 1.47. The molecule has 236 valence electrons. The number of fused-ring (bicyclic) bond motifs is 1. The van der Waals surface area contributed by atoms with Crippen LogP contribution in [0.1, 0.15) is 15.9 Å². The van der Waals surface area contributed by atoms with Crippen molar-refractivity contribution >= 4 is 28.3 Å². The van der Waals surface area contributed by atoms with E-state index >= 15 is 8.78 Å². The number of rotatable bonds is 7. The molecule has 2 heterocycles. The lowest BCUT2D eigenvalue weighted by atomic mass is 9.97. The van der Waals surface area contributed by atoms with Crippen LogP contribution in [0.25, 0.3) is 16.5 Å². The monoisotopic (exact) mass is 632 g/mol. The second-order valence-electron chi connectivity index (χ2n) is 10.4. The molecule has 1 saturated heterocycles. The number of aliphatic carboxylic acids is 1. The van der Waals surface area contributed by atoms with Crippen LogP contribution in [0.15, 0.2) is 70.4 Å². The van der Waals surface area contributed by atoms with Gasteiger partial charge in [0.15, 0.2) is 0 Å². The maximum Gasteiger partial charge on any atom is 0.411 e. The van der Waals surface area contributed by atoms with Gasteiger partial charge in [0, 0.05) is 43.4 Å². The van der Waals surface area contributed by atoms with Crippen molar-refractivity contribution < 1.29 is 41.4 Å². The van der Waals surface area contributed by atoms with Crippen LogP contribution < -0.4 is 21.5 Å². The van der Waals surface area contributed by atoms with E-state index in [2.05, 4.69) is 5.32 Å². The molecule has 0 bridgehead atoms. The number of carboxylic acids is 1. The number of morpholine rings is 1. The number of benzene rings is 3. The zero-order chi connectivity index (χ0) is 32.6. The number of halogens is 5. The van der Waals surface area contributed by atoms with Gasteiger partial charge in [0.1, 0.15) is 29.3 Å². The second-order valence-corrected chi connectivity index (χ2v) is 10.4. The Kier molecular flexibility index (Phi) is 8.47. The highest BCUT2D eigenvalue weighted by atomic mass is 19.4. The molecule has 1 fully saturated rings. The minimum Gasteiger partial charge on any atom is -0.480 e. The molecule has 10 nitrogen and oxygen atoms in total. The Morgan fingerprint density at radius 1 is 1.04 bits per heavy atom. The van der Waals surface area contributed by atoms with Crippen molar-refractivity contribution in [1.82, 2.24) is 14.5 Å². The van der Waals surface area contributed by atoms with E-state index in [1.165, 1.54) is 29.9 Å². The number of nitrogens with one attached hydrogen (secondary N) is 1. The van der Waals surface area contributed by atoms with E-state index < -0.39 is 70.9 Å². The summed E-state index contributed by atoms with van der Waals surface area (Å²) < 4.78 is 77.6. The molecule has 0 saturated carbocycles. The number of ether oxygens (including phenoxy) is 1. The van der Waals surface area contributed by atoms with E-state index in [1.807, 2.05) is 0 Å². The van der Waals surface area contributed by atoms with Crippen LogP contribution in [0.2, 0.25) is 0 Å². The Labute approximate surface area is 250 Å². The van der Waals surface area contributed by atoms with Crippen LogP contribution in [-0.4, -0.2) is 64.1 Å². The molecule has 0 aliphatic carbocycles. The van der Waals surface area contributed by atoms with Crippen molar-refractivity contribution in [3.8, 4) is 5.69 Å². The summed E-state index contributed by atoms with van der Waals surface area (Å²) in [6.07, 6.45) is -3.81. The van der Waals surface area contributed by atoms with Gasteiger partial charge in [0.25, 0.3) is 11.5 Å². The Hall–Kier alpha value is -5.05. The SMILES string of the molecule is Cn1ccc(=O)n(-c2cccc3c(C[C@H](NC(=O)c4c(F)cc(N5CCOC[C@H]5C(F)(F)F)cc4F)C(=O)O)cccc23)c1=O. The van der Waals surface area contributed by atoms with E-state index in [0.29, 0.717) is 28.5 Å². The molecule has 3 aromatic carbocycles. The minimum atomic E-state index is -4.76. The minimum absolute atomic E-state index is 0.118. The summed E-state index contributed by atoms with van der Waals surface area (Å²) in [5.41, 5.74) is -2.24. The summed E-state index contributed by atoms with van der Waals surface area (Å²) in [6.45, 7) is -1.17. The van der Waals surface area contributed by atoms with Gasteiger partial charge < -0.3 is 24.6 Å². The molecule has 0 radical (unpaired) electrons. The number of carboxylic acid groups (broad SMARTS) is 1. The van der Waals surface area contributed by atoms with Gasteiger partial charge in [0.2, 0.25) is 0 Å². The molecular weight excluding hydrogens is 607 g/mol. The number of nitrogens with zero attached hydrogens (tertiary/aromatic N) is 3. The number of hydrogen-bond donors (Lipinski definition) is 2. The number of alkyl halides is 3. The lowest BCUT2D eigenvalue weighted by molar-refractivity contribution is -0.167. The molecule has 4 aromatic rings. The summed E-state index contributed by atoms with van der Waals surface area (Å²) >= 11 is 0. The van der Waals surface area contributed by atoms with E-state index in [1.54, 1.807) is 30.3 Å². The average Bonchev–Trinajstić information content (AvgIpc) is 2.98. The molecule has 1 aliphatic rings. The molecule has 1 aromatic heterocycles. The number of carbonyl (C=O) groups excluding carboxylic acids is 1. The zero-order valence-corrected chi connectivity index (χ0v) is 23.5. The van der Waals surface area contributed by atoms with Crippen LogP contribution in [0.3, 0.4) is 0 Å². The normalized spacial score (nSPS) is 16.0. The summed E-state index contributed by atoms with van der Waals surface area (Å²) in [4.78, 5) is 51.2. The summed E-state index contributed by atoms with van der Waals surface area (Å²) in [5.74, 6) is -5.94. The molecule has 0 unspecified atom stereocenters. The first-order valence-corrected chi connectivity index (χ1v) is 13.5. The van der Waals surface area contributed by atoms with Crippen molar-refractivity contribution in [2.45, 2.75) is 24.7 Å². The molecule has 0 spiro atoms. The van der Waals surface area contributed by atoms with Gasteiger partial charge in [-0.2, -0.15) is 13.2 Å². The fourth-order valence-electron chi connectivity index (χ4n) is 5.30.